The third kappa shape index (κ3) is 9.86. The molecule has 0 aliphatic rings. The van der Waals surface area contributed by atoms with Gasteiger partial charge < -0.3 is 37.6 Å². The number of hydrogen-bond acceptors (Lipinski definition) is 7. The highest BCUT2D eigenvalue weighted by Crippen LogP contribution is 2.12. The lowest BCUT2D eigenvalue weighted by molar-refractivity contribution is -0.143. The number of carbonyl (C=O) groups excluding carboxylic acids is 4. The van der Waals surface area contributed by atoms with E-state index in [9.17, 15) is 34.2 Å². The highest BCUT2D eigenvalue weighted by Gasteiger charge is 2.27. The number of hydrogen-bond donors (Lipinski definition) is 7. The Morgan fingerprint density at radius 1 is 1.03 bits per heavy atom. The molecule has 12 heteroatoms. The van der Waals surface area contributed by atoms with Crippen molar-refractivity contribution in [2.24, 2.45) is 17.4 Å². The number of carboxylic acids is 1. The normalized spacial score (nSPS) is 14.2. The second-order valence-corrected chi connectivity index (χ2v) is 8.03. The van der Waals surface area contributed by atoms with Gasteiger partial charge in [0, 0.05) is 12.8 Å². The minimum atomic E-state index is -1.18. The first-order valence-corrected chi connectivity index (χ1v) is 10.9. The van der Waals surface area contributed by atoms with E-state index in [1.54, 1.807) is 26.0 Å². The molecule has 34 heavy (non-hydrogen) atoms. The topological polar surface area (TPSA) is 214 Å². The van der Waals surface area contributed by atoms with Crippen molar-refractivity contribution in [1.82, 2.24) is 16.0 Å². The van der Waals surface area contributed by atoms with Gasteiger partial charge in [0.1, 0.15) is 17.8 Å². The molecule has 1 aromatic rings. The SMILES string of the molecule is CCC(C)C(NC(=O)CNC(=O)C(Cc1ccc(O)cc1)NC(=O)C(N)CCC(N)=O)C(=O)O. The van der Waals surface area contributed by atoms with Crippen LogP contribution in [0.15, 0.2) is 24.3 Å². The summed E-state index contributed by atoms with van der Waals surface area (Å²) in [7, 11) is 0. The van der Waals surface area contributed by atoms with Crippen LogP contribution >= 0.6 is 0 Å². The molecule has 1 rings (SSSR count). The third-order valence-corrected chi connectivity index (χ3v) is 5.27. The van der Waals surface area contributed by atoms with Gasteiger partial charge >= 0.3 is 5.97 Å². The van der Waals surface area contributed by atoms with Crippen molar-refractivity contribution in [2.75, 3.05) is 6.54 Å². The van der Waals surface area contributed by atoms with Crippen LogP contribution in [0.5, 0.6) is 5.75 Å². The fourth-order valence-electron chi connectivity index (χ4n) is 2.98. The third-order valence-electron chi connectivity index (χ3n) is 5.27. The number of amides is 4. The van der Waals surface area contributed by atoms with Crippen molar-refractivity contribution in [3.63, 3.8) is 0 Å². The zero-order valence-corrected chi connectivity index (χ0v) is 19.2. The van der Waals surface area contributed by atoms with Gasteiger partial charge in [0.15, 0.2) is 0 Å². The van der Waals surface area contributed by atoms with Crippen LogP contribution in [0.4, 0.5) is 0 Å². The molecule has 0 aromatic heterocycles. The Hall–Kier alpha value is -3.67. The lowest BCUT2D eigenvalue weighted by Gasteiger charge is -2.22. The quantitative estimate of drug-likeness (QED) is 0.171. The molecule has 9 N–H and O–H groups in total. The van der Waals surface area contributed by atoms with Crippen LogP contribution in [0, 0.1) is 5.92 Å². The van der Waals surface area contributed by atoms with E-state index in [2.05, 4.69) is 16.0 Å². The lowest BCUT2D eigenvalue weighted by Crippen LogP contribution is -2.54. The van der Waals surface area contributed by atoms with Gasteiger partial charge in [-0.15, -0.1) is 0 Å². The van der Waals surface area contributed by atoms with Gasteiger partial charge in [-0.25, -0.2) is 4.79 Å². The fraction of sp³-hybridized carbons (Fsp3) is 0.500. The summed E-state index contributed by atoms with van der Waals surface area (Å²) in [6.45, 7) is 2.97. The summed E-state index contributed by atoms with van der Waals surface area (Å²) in [6.07, 6.45) is 0.431. The summed E-state index contributed by atoms with van der Waals surface area (Å²) in [4.78, 5) is 59.7. The first-order chi connectivity index (χ1) is 15.9. The lowest BCUT2D eigenvalue weighted by atomic mass is 9.99. The molecule has 0 radical (unpaired) electrons. The van der Waals surface area contributed by atoms with E-state index in [0.29, 0.717) is 12.0 Å². The van der Waals surface area contributed by atoms with Gasteiger partial charge in [0.05, 0.1) is 12.6 Å². The molecule has 0 bridgehead atoms. The second-order valence-electron chi connectivity index (χ2n) is 8.03. The first-order valence-electron chi connectivity index (χ1n) is 10.9. The van der Waals surface area contributed by atoms with Crippen LogP contribution in [0.25, 0.3) is 0 Å². The number of phenolic OH excluding ortho intramolecular Hbond substituents is 1. The monoisotopic (exact) mass is 479 g/mol. The van der Waals surface area contributed by atoms with Crippen LogP contribution < -0.4 is 27.4 Å². The standard InChI is InChI=1S/C22H33N5O7/c1-3-12(2)19(22(33)34)27-18(30)11-25-21(32)16(10-13-4-6-14(28)7-5-13)26-20(31)15(23)8-9-17(24)29/h4-7,12,15-16,19,28H,3,8-11,23H2,1-2H3,(H2,24,29)(H,25,32)(H,26,31)(H,27,30)(H,33,34). The predicted molar refractivity (Wildman–Crippen MR) is 122 cm³/mol. The molecule has 0 aliphatic heterocycles. The Balaban J connectivity index is 2.85. The number of aromatic hydroxyl groups is 1. The maximum Gasteiger partial charge on any atom is 0.326 e. The molecular weight excluding hydrogens is 446 g/mol. The van der Waals surface area contributed by atoms with Crippen LogP contribution in [-0.4, -0.2) is 64.5 Å². The number of benzene rings is 1. The summed E-state index contributed by atoms with van der Waals surface area (Å²) in [6, 6.07) is 2.63. The van der Waals surface area contributed by atoms with E-state index in [1.165, 1.54) is 12.1 Å². The number of carbonyl (C=O) groups is 5. The molecule has 1 aromatic carbocycles. The van der Waals surface area contributed by atoms with Gasteiger partial charge in [-0.05, 0) is 30.0 Å². The van der Waals surface area contributed by atoms with Crippen LogP contribution in [0.1, 0.15) is 38.7 Å². The molecule has 4 unspecified atom stereocenters. The highest BCUT2D eigenvalue weighted by molar-refractivity contribution is 5.93. The van der Waals surface area contributed by atoms with E-state index >= 15 is 0 Å². The number of rotatable bonds is 14. The van der Waals surface area contributed by atoms with Gasteiger partial charge in [-0.1, -0.05) is 32.4 Å². The average Bonchev–Trinajstić information content (AvgIpc) is 2.79. The van der Waals surface area contributed by atoms with E-state index < -0.39 is 54.3 Å². The Labute approximate surface area is 197 Å². The molecule has 4 amide bonds. The summed E-state index contributed by atoms with van der Waals surface area (Å²) < 4.78 is 0. The van der Waals surface area contributed by atoms with Gasteiger partial charge in [0.25, 0.3) is 0 Å². The van der Waals surface area contributed by atoms with Gasteiger partial charge in [-0.3, -0.25) is 19.2 Å². The number of carboxylic acid groups (broad SMARTS) is 1. The summed E-state index contributed by atoms with van der Waals surface area (Å²) in [5.74, 6) is -4.19. The highest BCUT2D eigenvalue weighted by atomic mass is 16.4. The van der Waals surface area contributed by atoms with E-state index in [-0.39, 0.29) is 30.9 Å². The van der Waals surface area contributed by atoms with E-state index in [1.807, 2.05) is 0 Å². The second kappa shape index (κ2) is 13.8. The van der Waals surface area contributed by atoms with Crippen molar-refractivity contribution in [2.45, 2.75) is 57.7 Å². The number of nitrogens with two attached hydrogens (primary N) is 2. The molecule has 0 saturated carbocycles. The molecule has 188 valence electrons. The number of aliphatic carboxylic acids is 1. The molecule has 12 nitrogen and oxygen atoms in total. The molecular formula is C22H33N5O7. The first kappa shape index (κ1) is 28.4. The zero-order chi connectivity index (χ0) is 25.8. The van der Waals surface area contributed by atoms with Crippen LogP contribution in [-0.2, 0) is 30.4 Å². The number of nitrogens with one attached hydrogen (secondary N) is 3. The van der Waals surface area contributed by atoms with Crippen molar-refractivity contribution in [3.8, 4) is 5.75 Å². The molecule has 0 fully saturated rings. The summed E-state index contributed by atoms with van der Waals surface area (Å²) >= 11 is 0. The molecule has 0 heterocycles. The summed E-state index contributed by atoms with van der Waals surface area (Å²) in [5.41, 5.74) is 11.4. The smallest absolute Gasteiger partial charge is 0.326 e. The summed E-state index contributed by atoms with van der Waals surface area (Å²) in [5, 5.41) is 26.0. The van der Waals surface area contributed by atoms with Crippen molar-refractivity contribution in [3.05, 3.63) is 29.8 Å². The molecule has 0 aliphatic carbocycles. The molecule has 0 spiro atoms. The van der Waals surface area contributed by atoms with Gasteiger partial charge in [0.2, 0.25) is 23.6 Å². The number of phenols is 1. The maximum absolute atomic E-state index is 12.8. The van der Waals surface area contributed by atoms with E-state index in [4.69, 9.17) is 11.5 Å². The van der Waals surface area contributed by atoms with Crippen LogP contribution in [0.2, 0.25) is 0 Å². The van der Waals surface area contributed by atoms with Crippen molar-refractivity contribution < 1.29 is 34.2 Å². The Morgan fingerprint density at radius 2 is 1.65 bits per heavy atom. The minimum absolute atomic E-state index is 0.0106. The molecule has 0 saturated heterocycles. The fourth-order valence-corrected chi connectivity index (χ4v) is 2.98. The molecule has 4 atom stereocenters. The predicted octanol–water partition coefficient (Wildman–Crippen LogP) is -1.26. The van der Waals surface area contributed by atoms with E-state index in [0.717, 1.165) is 0 Å². The average molecular weight is 480 g/mol. The number of primary amides is 1. The minimum Gasteiger partial charge on any atom is -0.508 e. The van der Waals surface area contributed by atoms with Crippen molar-refractivity contribution >= 4 is 29.6 Å². The van der Waals surface area contributed by atoms with Crippen molar-refractivity contribution in [1.29, 1.82) is 0 Å². The maximum atomic E-state index is 12.8. The van der Waals surface area contributed by atoms with Gasteiger partial charge in [-0.2, -0.15) is 0 Å². The van der Waals surface area contributed by atoms with Crippen LogP contribution in [0.3, 0.4) is 0 Å². The zero-order valence-electron chi connectivity index (χ0n) is 19.2. The Bertz CT molecular complexity index is 875. The largest absolute Gasteiger partial charge is 0.508 e. The Morgan fingerprint density at radius 3 is 2.18 bits per heavy atom. The Kier molecular flexibility index (Phi) is 11.5.